The van der Waals surface area contributed by atoms with E-state index in [0.29, 0.717) is 4.57 Å². The molecule has 5 N–H and O–H groups in total. The quantitative estimate of drug-likeness (QED) is 0.435. The summed E-state index contributed by atoms with van der Waals surface area (Å²) in [5.74, 6) is 1.70. The van der Waals surface area contributed by atoms with Crippen molar-refractivity contribution in [3.63, 3.8) is 0 Å². The summed E-state index contributed by atoms with van der Waals surface area (Å²) in [5.41, 5.74) is 1.77. The van der Waals surface area contributed by atoms with Gasteiger partial charge in [0.2, 0.25) is 11.5 Å². The van der Waals surface area contributed by atoms with Crippen LogP contribution in [0.1, 0.15) is 8.97 Å². The summed E-state index contributed by atoms with van der Waals surface area (Å²) in [5, 5.41) is 31.7. The van der Waals surface area contributed by atoms with Crippen molar-refractivity contribution in [2.45, 2.75) is 24.0 Å². The summed E-state index contributed by atoms with van der Waals surface area (Å²) in [6, 6.07) is 0. The molecule has 1 aromatic rings. The summed E-state index contributed by atoms with van der Waals surface area (Å²) < 4.78 is 20.1. The molecule has 2 rings (SSSR count). The zero-order chi connectivity index (χ0) is 16.7. The first kappa shape index (κ1) is 12.1. The van der Waals surface area contributed by atoms with Crippen LogP contribution in [0.2, 0.25) is 0 Å². The Morgan fingerprint density at radius 2 is 2.45 bits per heavy atom. The van der Waals surface area contributed by atoms with E-state index in [9.17, 15) is 20.1 Å². The second-order valence-electron chi connectivity index (χ2n) is 3.93. The molecule has 0 bridgehead atoms. The smallest absolute Gasteiger partial charge is 0.354 e. The predicted octanol–water partition coefficient (Wildman–Crippen LogP) is -2.60. The number of nitrogen functional groups attached to an aromatic ring is 1. The molecule has 0 amide bonds. The summed E-state index contributed by atoms with van der Waals surface area (Å²) in [6.45, 7) is -3.02. The second kappa shape index (κ2) is 5.35. The normalized spacial score (nSPS) is 34.9. The van der Waals surface area contributed by atoms with Gasteiger partial charge in [-0.3, -0.25) is 4.57 Å². The van der Waals surface area contributed by atoms with Gasteiger partial charge in [-0.05, 0) is 17.5 Å². The minimum absolute atomic E-state index is 0.333. The number of ether oxygens (including phenoxy) is 1. The number of hydrogen-bond acceptors (Lipinski definition) is 8. The van der Waals surface area contributed by atoms with Gasteiger partial charge in [0.1, 0.15) is 18.5 Å². The highest BCUT2D eigenvalue weighted by atomic mass is 35.5. The molecular formula is C10H11ClN4O5. The SMILES string of the molecule is [2H]C([2H])(O)[C@H]1O[C@@H](n2cnc(N)nc2=O)C(O)(C#CCl)[C@H]1O. The summed E-state index contributed by atoms with van der Waals surface area (Å²) in [6.07, 6.45) is -4.75. The van der Waals surface area contributed by atoms with E-state index in [1.165, 1.54) is 0 Å². The van der Waals surface area contributed by atoms with Crippen LogP contribution in [0.25, 0.3) is 0 Å². The van der Waals surface area contributed by atoms with E-state index in [4.69, 9.17) is 24.8 Å². The predicted molar refractivity (Wildman–Crippen MR) is 66.3 cm³/mol. The Morgan fingerprint density at radius 1 is 1.75 bits per heavy atom. The third-order valence-electron chi connectivity index (χ3n) is 2.76. The minimum Gasteiger partial charge on any atom is -0.394 e. The molecule has 0 spiro atoms. The van der Waals surface area contributed by atoms with Crippen LogP contribution in [0.3, 0.4) is 0 Å². The van der Waals surface area contributed by atoms with E-state index in [2.05, 4.69) is 9.97 Å². The average molecular weight is 305 g/mol. The van der Waals surface area contributed by atoms with Gasteiger partial charge < -0.3 is 25.8 Å². The average Bonchev–Trinajstić information content (AvgIpc) is 2.63. The van der Waals surface area contributed by atoms with Crippen molar-refractivity contribution >= 4 is 17.5 Å². The van der Waals surface area contributed by atoms with Crippen LogP contribution >= 0.6 is 11.6 Å². The molecule has 20 heavy (non-hydrogen) atoms. The molecule has 4 atom stereocenters. The fraction of sp³-hybridized carbons (Fsp3) is 0.500. The molecule has 9 nitrogen and oxygen atoms in total. The van der Waals surface area contributed by atoms with E-state index < -0.39 is 36.3 Å². The zero-order valence-corrected chi connectivity index (χ0v) is 10.5. The van der Waals surface area contributed by atoms with Gasteiger partial charge in [0, 0.05) is 5.38 Å². The molecule has 2 heterocycles. The first-order chi connectivity index (χ1) is 10.1. The first-order valence-electron chi connectivity index (χ1n) is 6.23. The molecule has 1 aliphatic rings. The molecule has 1 fully saturated rings. The van der Waals surface area contributed by atoms with Crippen LogP contribution in [0.15, 0.2) is 11.1 Å². The molecular weight excluding hydrogens is 292 g/mol. The Morgan fingerprint density at radius 3 is 3.00 bits per heavy atom. The van der Waals surface area contributed by atoms with Gasteiger partial charge in [0.25, 0.3) is 0 Å². The second-order valence-corrected chi connectivity index (χ2v) is 4.12. The molecule has 0 aromatic carbocycles. The van der Waals surface area contributed by atoms with Crippen molar-refractivity contribution in [2.24, 2.45) is 0 Å². The molecule has 0 aliphatic carbocycles. The number of rotatable bonds is 2. The molecule has 1 aliphatic heterocycles. The van der Waals surface area contributed by atoms with Crippen LogP contribution in [-0.2, 0) is 4.74 Å². The van der Waals surface area contributed by atoms with Gasteiger partial charge in [-0.15, -0.1) is 0 Å². The maximum atomic E-state index is 11.8. The Hall–Kier alpha value is -1.70. The molecule has 0 saturated carbocycles. The highest BCUT2D eigenvalue weighted by Gasteiger charge is 2.56. The lowest BCUT2D eigenvalue weighted by Crippen LogP contribution is -2.47. The number of nitrogens with two attached hydrogens (primary N) is 1. The van der Waals surface area contributed by atoms with Crippen molar-refractivity contribution in [1.82, 2.24) is 14.5 Å². The van der Waals surface area contributed by atoms with Crippen LogP contribution in [0.4, 0.5) is 5.95 Å². The molecule has 1 aromatic heterocycles. The molecule has 108 valence electrons. The molecule has 0 radical (unpaired) electrons. The Labute approximate surface area is 120 Å². The van der Waals surface area contributed by atoms with Crippen molar-refractivity contribution in [2.75, 3.05) is 12.3 Å². The van der Waals surface area contributed by atoms with E-state index in [1.54, 1.807) is 0 Å². The monoisotopic (exact) mass is 304 g/mol. The third-order valence-corrected chi connectivity index (χ3v) is 2.86. The highest BCUT2D eigenvalue weighted by molar-refractivity contribution is 6.30. The van der Waals surface area contributed by atoms with Crippen molar-refractivity contribution in [1.29, 1.82) is 0 Å². The molecule has 10 heteroatoms. The maximum absolute atomic E-state index is 11.8. The Kier molecular flexibility index (Phi) is 3.23. The van der Waals surface area contributed by atoms with Crippen LogP contribution in [0.5, 0.6) is 0 Å². The van der Waals surface area contributed by atoms with Gasteiger partial charge in [-0.25, -0.2) is 9.78 Å². The summed E-state index contributed by atoms with van der Waals surface area (Å²) in [4.78, 5) is 18.7. The largest absolute Gasteiger partial charge is 0.394 e. The lowest BCUT2D eigenvalue weighted by molar-refractivity contribution is -0.0769. The van der Waals surface area contributed by atoms with E-state index in [1.807, 2.05) is 11.3 Å². The fourth-order valence-corrected chi connectivity index (χ4v) is 1.95. The van der Waals surface area contributed by atoms with Crippen LogP contribution in [-0.4, -0.2) is 54.2 Å². The van der Waals surface area contributed by atoms with Gasteiger partial charge in [0.05, 0.1) is 9.30 Å². The number of anilines is 1. The van der Waals surface area contributed by atoms with Gasteiger partial charge in [-0.2, -0.15) is 4.98 Å². The zero-order valence-electron chi connectivity index (χ0n) is 11.8. The number of nitrogens with zero attached hydrogens (tertiary/aromatic N) is 3. The number of aliphatic hydroxyl groups is 3. The minimum atomic E-state index is -3.02. The van der Waals surface area contributed by atoms with Crippen molar-refractivity contribution in [3.05, 3.63) is 16.8 Å². The Balaban J connectivity index is 2.57. The van der Waals surface area contributed by atoms with Crippen molar-refractivity contribution in [3.8, 4) is 11.3 Å². The van der Waals surface area contributed by atoms with Crippen LogP contribution < -0.4 is 11.4 Å². The number of halogens is 1. The standard InChI is InChI=1S/C10H11ClN4O5/c11-2-1-10(19)6(17)5(3-16)20-7(10)15-4-13-8(12)14-9(15)18/h4-7,16-17,19H,3H2,(H2,12,14,18)/t5-,6+,7-,10?/m1/s1/i3D2. The van der Waals surface area contributed by atoms with Crippen molar-refractivity contribution < 1.29 is 22.8 Å². The third kappa shape index (κ3) is 2.24. The molecule has 1 unspecified atom stereocenters. The summed E-state index contributed by atoms with van der Waals surface area (Å²) in [7, 11) is 0. The first-order valence-corrected chi connectivity index (χ1v) is 5.60. The lowest BCUT2D eigenvalue weighted by Gasteiger charge is -2.25. The van der Waals surface area contributed by atoms with Gasteiger partial charge in [-0.1, -0.05) is 0 Å². The van der Waals surface area contributed by atoms with E-state index >= 15 is 0 Å². The van der Waals surface area contributed by atoms with Gasteiger partial charge in [0.15, 0.2) is 6.23 Å². The van der Waals surface area contributed by atoms with Crippen LogP contribution in [0, 0.1) is 11.3 Å². The highest BCUT2D eigenvalue weighted by Crippen LogP contribution is 2.37. The molecule has 1 saturated heterocycles. The number of aliphatic hydroxyl groups excluding tert-OH is 1. The lowest BCUT2D eigenvalue weighted by atomic mass is 9.95. The Bertz CT molecular complexity index is 699. The number of hydrogen-bond donors (Lipinski definition) is 4. The van der Waals surface area contributed by atoms with Gasteiger partial charge >= 0.3 is 5.69 Å². The maximum Gasteiger partial charge on any atom is 0.354 e. The summed E-state index contributed by atoms with van der Waals surface area (Å²) >= 11 is 5.23. The fourth-order valence-electron chi connectivity index (χ4n) is 1.80. The topological polar surface area (TPSA) is 144 Å². The van der Waals surface area contributed by atoms with E-state index in [-0.39, 0.29) is 5.95 Å². The van der Waals surface area contributed by atoms with E-state index in [0.717, 1.165) is 6.33 Å². The number of aromatic nitrogens is 3.